The minimum Gasteiger partial charge on any atom is -0.478 e. The van der Waals surface area contributed by atoms with Gasteiger partial charge in [-0.2, -0.15) is 0 Å². The third-order valence-electron chi connectivity index (χ3n) is 2.92. The van der Waals surface area contributed by atoms with Gasteiger partial charge in [0.15, 0.2) is 0 Å². The zero-order valence-corrected chi connectivity index (χ0v) is 11.5. The molecule has 2 N–H and O–H groups in total. The Hall–Kier alpha value is -1.56. The molecule has 19 heavy (non-hydrogen) atoms. The van der Waals surface area contributed by atoms with Gasteiger partial charge in [-0.25, -0.2) is 9.59 Å². The average Bonchev–Trinajstić information content (AvgIpc) is 2.73. The summed E-state index contributed by atoms with van der Waals surface area (Å²) in [5.41, 5.74) is -0.931. The van der Waals surface area contributed by atoms with E-state index < -0.39 is 29.8 Å². The molecule has 6 nitrogen and oxygen atoms in total. The van der Waals surface area contributed by atoms with Crippen molar-refractivity contribution in [3.8, 4) is 0 Å². The van der Waals surface area contributed by atoms with Crippen molar-refractivity contribution in [3.05, 3.63) is 12.2 Å². The van der Waals surface area contributed by atoms with E-state index in [9.17, 15) is 14.7 Å². The number of amides is 1. The van der Waals surface area contributed by atoms with E-state index in [1.165, 1.54) is 4.90 Å². The van der Waals surface area contributed by atoms with Crippen LogP contribution in [0.15, 0.2) is 12.2 Å². The highest BCUT2D eigenvalue weighted by molar-refractivity contribution is 5.87. The molecule has 0 aliphatic carbocycles. The zero-order valence-electron chi connectivity index (χ0n) is 11.5. The number of hydrogen-bond acceptors (Lipinski definition) is 4. The van der Waals surface area contributed by atoms with Crippen molar-refractivity contribution < 1.29 is 24.5 Å². The first-order chi connectivity index (χ1) is 8.63. The van der Waals surface area contributed by atoms with Crippen LogP contribution in [0.3, 0.4) is 0 Å². The highest BCUT2D eigenvalue weighted by Crippen LogP contribution is 2.25. The summed E-state index contributed by atoms with van der Waals surface area (Å²) < 4.78 is 5.24. The van der Waals surface area contributed by atoms with Crippen LogP contribution in [0, 0.1) is 0 Å². The maximum Gasteiger partial charge on any atom is 0.410 e. The molecule has 1 heterocycles. The molecule has 6 heteroatoms. The molecule has 1 fully saturated rings. The molecule has 2 atom stereocenters. The molecule has 1 rings (SSSR count). The summed E-state index contributed by atoms with van der Waals surface area (Å²) in [4.78, 5) is 24.2. The number of likely N-dealkylation sites (tertiary alicyclic amines) is 1. The SMILES string of the molecule is C=C(C(=O)O)[C@@H](O)[C@@H]1CCCN1C(=O)OC(C)(C)C. The molecule has 1 aliphatic rings. The van der Waals surface area contributed by atoms with Crippen LogP contribution in [0.25, 0.3) is 0 Å². The van der Waals surface area contributed by atoms with Crippen LogP contribution >= 0.6 is 0 Å². The standard InChI is InChI=1S/C13H21NO5/c1-8(11(16)17)10(15)9-6-5-7-14(9)12(18)19-13(2,3)4/h9-10,15H,1,5-7H2,2-4H3,(H,16,17)/t9-,10+/m0/s1. The van der Waals surface area contributed by atoms with Gasteiger partial charge in [0.2, 0.25) is 0 Å². The number of carbonyl (C=O) groups is 2. The van der Waals surface area contributed by atoms with E-state index in [1.54, 1.807) is 20.8 Å². The van der Waals surface area contributed by atoms with Crippen molar-refractivity contribution in [1.29, 1.82) is 0 Å². The average molecular weight is 271 g/mol. The topological polar surface area (TPSA) is 87.1 Å². The van der Waals surface area contributed by atoms with E-state index in [0.29, 0.717) is 19.4 Å². The van der Waals surface area contributed by atoms with Gasteiger partial charge in [0.25, 0.3) is 0 Å². The predicted molar refractivity (Wildman–Crippen MR) is 68.7 cm³/mol. The van der Waals surface area contributed by atoms with Crippen molar-refractivity contribution >= 4 is 12.1 Å². The number of carbonyl (C=O) groups excluding carboxylic acids is 1. The molecule has 0 radical (unpaired) electrons. The highest BCUT2D eigenvalue weighted by atomic mass is 16.6. The van der Waals surface area contributed by atoms with Gasteiger partial charge in [0, 0.05) is 6.54 Å². The summed E-state index contributed by atoms with van der Waals surface area (Å²) in [5, 5.41) is 18.8. The summed E-state index contributed by atoms with van der Waals surface area (Å²) in [5.74, 6) is -1.26. The summed E-state index contributed by atoms with van der Waals surface area (Å²) >= 11 is 0. The molecule has 0 spiro atoms. The number of aliphatic hydroxyl groups excluding tert-OH is 1. The Morgan fingerprint density at radius 3 is 2.47 bits per heavy atom. The minimum absolute atomic E-state index is 0.305. The molecule has 0 unspecified atom stereocenters. The number of aliphatic carboxylic acids is 1. The number of carboxylic acid groups (broad SMARTS) is 1. The molecule has 0 aromatic carbocycles. The Morgan fingerprint density at radius 2 is 2.00 bits per heavy atom. The Bertz CT molecular complexity index is 385. The number of ether oxygens (including phenoxy) is 1. The number of rotatable bonds is 3. The molecule has 0 saturated carbocycles. The number of aliphatic hydroxyl groups is 1. The Labute approximate surface area is 112 Å². The van der Waals surface area contributed by atoms with E-state index in [2.05, 4.69) is 6.58 Å². The predicted octanol–water partition coefficient (Wildman–Crippen LogP) is 1.39. The normalized spacial score (nSPS) is 21.1. The van der Waals surface area contributed by atoms with Crippen molar-refractivity contribution in [2.24, 2.45) is 0 Å². The van der Waals surface area contributed by atoms with Crippen LogP contribution in [-0.4, -0.2) is 51.5 Å². The zero-order chi connectivity index (χ0) is 14.8. The largest absolute Gasteiger partial charge is 0.478 e. The lowest BCUT2D eigenvalue weighted by atomic mass is 10.0. The molecule has 1 amide bonds. The van der Waals surface area contributed by atoms with Gasteiger partial charge in [-0.3, -0.25) is 0 Å². The molecular formula is C13H21NO5. The molecule has 0 bridgehead atoms. The first kappa shape index (κ1) is 15.5. The second-order valence-electron chi connectivity index (χ2n) is 5.66. The molecule has 0 aromatic heterocycles. The van der Waals surface area contributed by atoms with Gasteiger partial charge >= 0.3 is 12.1 Å². The second kappa shape index (κ2) is 5.61. The van der Waals surface area contributed by atoms with Gasteiger partial charge < -0.3 is 19.8 Å². The number of hydrogen-bond donors (Lipinski definition) is 2. The molecule has 108 valence electrons. The van der Waals surface area contributed by atoms with Gasteiger partial charge in [0.1, 0.15) is 11.7 Å². The third-order valence-corrected chi connectivity index (χ3v) is 2.92. The van der Waals surface area contributed by atoms with Gasteiger partial charge in [-0.05, 0) is 33.6 Å². The fourth-order valence-electron chi connectivity index (χ4n) is 2.03. The van der Waals surface area contributed by atoms with Crippen LogP contribution in [0.5, 0.6) is 0 Å². The second-order valence-corrected chi connectivity index (χ2v) is 5.66. The first-order valence-electron chi connectivity index (χ1n) is 6.23. The van der Waals surface area contributed by atoms with Crippen LogP contribution < -0.4 is 0 Å². The van der Waals surface area contributed by atoms with Crippen molar-refractivity contribution in [3.63, 3.8) is 0 Å². The fourth-order valence-corrected chi connectivity index (χ4v) is 2.03. The quantitative estimate of drug-likeness (QED) is 0.757. The lowest BCUT2D eigenvalue weighted by molar-refractivity contribution is -0.134. The van der Waals surface area contributed by atoms with Crippen LogP contribution in [0.4, 0.5) is 4.79 Å². The van der Waals surface area contributed by atoms with Gasteiger partial charge in [-0.1, -0.05) is 6.58 Å². The highest BCUT2D eigenvalue weighted by Gasteiger charge is 2.38. The monoisotopic (exact) mass is 271 g/mol. The summed E-state index contributed by atoms with van der Waals surface area (Å²) in [6.07, 6.45) is -0.569. The smallest absolute Gasteiger partial charge is 0.410 e. The number of carboxylic acids is 1. The maximum atomic E-state index is 12.0. The first-order valence-corrected chi connectivity index (χ1v) is 6.23. The number of nitrogens with zero attached hydrogens (tertiary/aromatic N) is 1. The van der Waals surface area contributed by atoms with E-state index in [-0.39, 0.29) is 5.57 Å². The lowest BCUT2D eigenvalue weighted by Crippen LogP contribution is -2.46. The van der Waals surface area contributed by atoms with Crippen molar-refractivity contribution in [2.45, 2.75) is 51.4 Å². The van der Waals surface area contributed by atoms with Crippen LogP contribution in [-0.2, 0) is 9.53 Å². The third kappa shape index (κ3) is 3.96. The Kier molecular flexibility index (Phi) is 4.57. The maximum absolute atomic E-state index is 12.0. The summed E-state index contributed by atoms with van der Waals surface area (Å²) in [6, 6.07) is -0.585. The van der Waals surface area contributed by atoms with E-state index in [1.807, 2.05) is 0 Å². The Balaban J connectivity index is 2.76. The minimum atomic E-state index is -1.27. The van der Waals surface area contributed by atoms with E-state index in [4.69, 9.17) is 9.84 Å². The summed E-state index contributed by atoms with van der Waals surface area (Å²) in [7, 11) is 0. The van der Waals surface area contributed by atoms with Crippen LogP contribution in [0.2, 0.25) is 0 Å². The van der Waals surface area contributed by atoms with E-state index >= 15 is 0 Å². The summed E-state index contributed by atoms with van der Waals surface area (Å²) in [6.45, 7) is 9.04. The lowest BCUT2D eigenvalue weighted by Gasteiger charge is -2.31. The van der Waals surface area contributed by atoms with Crippen LogP contribution in [0.1, 0.15) is 33.6 Å². The molecule has 0 aromatic rings. The van der Waals surface area contributed by atoms with Crippen molar-refractivity contribution in [1.82, 2.24) is 4.90 Å². The molecular weight excluding hydrogens is 250 g/mol. The molecule has 1 aliphatic heterocycles. The van der Waals surface area contributed by atoms with Crippen molar-refractivity contribution in [2.75, 3.05) is 6.54 Å². The fraction of sp³-hybridized carbons (Fsp3) is 0.692. The van der Waals surface area contributed by atoms with E-state index in [0.717, 1.165) is 0 Å². The van der Waals surface area contributed by atoms with Gasteiger partial charge in [-0.15, -0.1) is 0 Å². The van der Waals surface area contributed by atoms with Gasteiger partial charge in [0.05, 0.1) is 11.6 Å². The molecule has 1 saturated heterocycles. The Morgan fingerprint density at radius 1 is 1.42 bits per heavy atom.